The van der Waals surface area contributed by atoms with Crippen molar-refractivity contribution in [2.45, 2.75) is 44.5 Å². The molecule has 0 aliphatic heterocycles. The van der Waals surface area contributed by atoms with Gasteiger partial charge >= 0.3 is 11.8 Å². The number of fused-ring (bicyclic) bond motifs is 3. The first-order valence-corrected chi connectivity index (χ1v) is 11.4. The zero-order valence-corrected chi connectivity index (χ0v) is 19.1. The van der Waals surface area contributed by atoms with Gasteiger partial charge in [0.05, 0.1) is 17.7 Å². The lowest BCUT2D eigenvalue weighted by Gasteiger charge is -2.35. The van der Waals surface area contributed by atoms with E-state index in [1.165, 1.54) is 13.0 Å². The van der Waals surface area contributed by atoms with E-state index >= 15 is 22.0 Å². The minimum absolute atomic E-state index is 0.0379. The summed E-state index contributed by atoms with van der Waals surface area (Å²) in [7, 11) is 0. The average Bonchev–Trinajstić information content (AvgIpc) is 2.82. The minimum atomic E-state index is -4.97. The fraction of sp³-hybridized carbons (Fsp3) is 0.286. The topological polar surface area (TPSA) is 9.23 Å². The van der Waals surface area contributed by atoms with Crippen molar-refractivity contribution in [3.05, 3.63) is 101 Å². The Morgan fingerprint density at radius 2 is 1.29 bits per heavy atom. The fourth-order valence-electron chi connectivity index (χ4n) is 4.43. The summed E-state index contributed by atoms with van der Waals surface area (Å²) in [6.45, 7) is 5.15. The molecule has 1 nitrogen and oxygen atoms in total. The summed E-state index contributed by atoms with van der Waals surface area (Å²) >= 11 is 0. The first-order valence-electron chi connectivity index (χ1n) is 11.4. The average molecular weight is 490 g/mol. The van der Waals surface area contributed by atoms with Gasteiger partial charge in [0.1, 0.15) is 5.82 Å². The van der Waals surface area contributed by atoms with Crippen molar-refractivity contribution in [1.29, 1.82) is 0 Å². The molecule has 0 spiro atoms. The molecule has 0 fully saturated rings. The largest absolute Gasteiger partial charge is 0.491 e. The maximum Gasteiger partial charge on any atom is 0.343 e. The van der Waals surface area contributed by atoms with Gasteiger partial charge in [-0.15, -0.1) is 6.58 Å². The molecule has 0 heterocycles. The number of halogens is 6. The Morgan fingerprint density at radius 3 is 1.86 bits per heavy atom. The predicted octanol–water partition coefficient (Wildman–Crippen LogP) is 8.13. The fourth-order valence-corrected chi connectivity index (χ4v) is 4.43. The second kappa shape index (κ2) is 9.44. The molecular formula is C28H24F6O. The summed E-state index contributed by atoms with van der Waals surface area (Å²) in [5, 5.41) is 0. The van der Waals surface area contributed by atoms with E-state index in [0.717, 1.165) is 42.2 Å². The number of benzene rings is 3. The van der Waals surface area contributed by atoms with E-state index in [1.54, 1.807) is 0 Å². The van der Waals surface area contributed by atoms with Gasteiger partial charge in [-0.1, -0.05) is 42.5 Å². The van der Waals surface area contributed by atoms with Crippen molar-refractivity contribution in [1.82, 2.24) is 0 Å². The molecule has 1 aliphatic rings. The normalized spacial score (nSPS) is 15.3. The summed E-state index contributed by atoms with van der Waals surface area (Å²) in [4.78, 5) is 0. The molecule has 0 bridgehead atoms. The van der Waals surface area contributed by atoms with Gasteiger partial charge < -0.3 is 4.74 Å². The highest BCUT2D eigenvalue weighted by Crippen LogP contribution is 2.60. The van der Waals surface area contributed by atoms with Crippen LogP contribution < -0.4 is 4.74 Å². The van der Waals surface area contributed by atoms with Crippen LogP contribution in [0.15, 0.2) is 61.2 Å². The van der Waals surface area contributed by atoms with Crippen molar-refractivity contribution in [2.24, 2.45) is 0 Å². The first kappa shape index (κ1) is 24.9. The highest BCUT2D eigenvalue weighted by molar-refractivity contribution is 5.77. The molecule has 184 valence electrons. The van der Waals surface area contributed by atoms with Crippen LogP contribution in [0, 0.1) is 11.6 Å². The first-order chi connectivity index (χ1) is 16.6. The molecular weight excluding hydrogens is 466 g/mol. The van der Waals surface area contributed by atoms with Gasteiger partial charge in [-0.05, 0) is 72.6 Å². The van der Waals surface area contributed by atoms with Crippen molar-refractivity contribution in [3.8, 4) is 16.9 Å². The Kier molecular flexibility index (Phi) is 6.71. The summed E-state index contributed by atoms with van der Waals surface area (Å²) in [6, 6.07) is 12.2. The van der Waals surface area contributed by atoms with Gasteiger partial charge in [-0.2, -0.15) is 17.6 Å². The van der Waals surface area contributed by atoms with Gasteiger partial charge in [0, 0.05) is 0 Å². The third kappa shape index (κ3) is 4.21. The molecule has 35 heavy (non-hydrogen) atoms. The Morgan fingerprint density at radius 1 is 0.743 bits per heavy atom. The van der Waals surface area contributed by atoms with Crippen LogP contribution in [0.3, 0.4) is 0 Å². The molecule has 7 heteroatoms. The molecule has 0 atom stereocenters. The van der Waals surface area contributed by atoms with Crippen LogP contribution in [0.25, 0.3) is 11.1 Å². The summed E-state index contributed by atoms with van der Waals surface area (Å²) in [6.07, 6.45) is 3.86. The van der Waals surface area contributed by atoms with Crippen LogP contribution in [0.2, 0.25) is 0 Å². The van der Waals surface area contributed by atoms with Crippen LogP contribution in [0.1, 0.15) is 41.2 Å². The maximum absolute atomic E-state index is 15.4. The lowest BCUT2D eigenvalue weighted by atomic mass is 9.78. The third-order valence-electron chi connectivity index (χ3n) is 6.28. The van der Waals surface area contributed by atoms with Crippen LogP contribution in [-0.4, -0.2) is 6.61 Å². The number of alkyl halides is 4. The summed E-state index contributed by atoms with van der Waals surface area (Å²) in [5.41, 5.74) is -1.96. The second-order valence-electron chi connectivity index (χ2n) is 8.49. The number of aryl methyl sites for hydroxylation is 3. The molecule has 1 aliphatic carbocycles. The van der Waals surface area contributed by atoms with E-state index < -0.39 is 51.5 Å². The van der Waals surface area contributed by atoms with Gasteiger partial charge in [-0.25, -0.2) is 8.78 Å². The van der Waals surface area contributed by atoms with E-state index in [4.69, 9.17) is 4.74 Å². The van der Waals surface area contributed by atoms with Crippen LogP contribution in [0.5, 0.6) is 5.75 Å². The standard InChI is InChI=1S/C28H24F6O/c1-3-5-6-17-7-9-18(10-8-17)11-12-19-13-14-20-21-15-16-22(35-4-2)26(30)24(21)28(33,34)27(31,32)23(20)25(19)29/h3,7-10,13-16H,1,4-6,11-12H2,2H3. The lowest BCUT2D eigenvalue weighted by molar-refractivity contribution is -0.228. The second-order valence-corrected chi connectivity index (χ2v) is 8.49. The monoisotopic (exact) mass is 490 g/mol. The smallest absolute Gasteiger partial charge is 0.343 e. The predicted molar refractivity (Wildman–Crippen MR) is 123 cm³/mol. The van der Waals surface area contributed by atoms with Crippen molar-refractivity contribution >= 4 is 0 Å². The molecule has 4 rings (SSSR count). The molecule has 0 N–H and O–H groups in total. The lowest BCUT2D eigenvalue weighted by Crippen LogP contribution is -2.41. The van der Waals surface area contributed by atoms with E-state index in [-0.39, 0.29) is 18.6 Å². The summed E-state index contributed by atoms with van der Waals surface area (Å²) in [5.74, 6) is -13.4. The quantitative estimate of drug-likeness (QED) is 0.229. The van der Waals surface area contributed by atoms with E-state index in [2.05, 4.69) is 6.58 Å². The summed E-state index contributed by atoms with van der Waals surface area (Å²) < 4.78 is 95.3. The van der Waals surface area contributed by atoms with Gasteiger partial charge in [0.25, 0.3) is 0 Å². The highest BCUT2D eigenvalue weighted by Gasteiger charge is 2.65. The molecule has 0 radical (unpaired) electrons. The minimum Gasteiger partial charge on any atom is -0.491 e. The zero-order valence-electron chi connectivity index (χ0n) is 19.1. The number of hydrogen-bond donors (Lipinski definition) is 0. The molecule has 0 amide bonds. The van der Waals surface area contributed by atoms with Crippen LogP contribution in [-0.2, 0) is 31.1 Å². The molecule has 3 aromatic carbocycles. The van der Waals surface area contributed by atoms with Gasteiger partial charge in [0.2, 0.25) is 0 Å². The number of hydrogen-bond acceptors (Lipinski definition) is 1. The van der Waals surface area contributed by atoms with Crippen LogP contribution >= 0.6 is 0 Å². The van der Waals surface area contributed by atoms with E-state index in [1.807, 2.05) is 30.3 Å². The Balaban J connectivity index is 1.71. The Hall–Kier alpha value is -3.22. The highest BCUT2D eigenvalue weighted by atomic mass is 19.3. The van der Waals surface area contributed by atoms with Crippen LogP contribution in [0.4, 0.5) is 26.3 Å². The van der Waals surface area contributed by atoms with Gasteiger partial charge in [0.15, 0.2) is 11.6 Å². The third-order valence-corrected chi connectivity index (χ3v) is 6.28. The zero-order chi connectivity index (χ0) is 25.4. The number of ether oxygens (including phenoxy) is 1. The molecule has 0 saturated carbocycles. The van der Waals surface area contributed by atoms with E-state index in [9.17, 15) is 4.39 Å². The molecule has 0 unspecified atom stereocenters. The number of rotatable bonds is 8. The Labute approximate surface area is 200 Å². The van der Waals surface area contributed by atoms with Crippen molar-refractivity contribution < 1.29 is 31.1 Å². The Bertz CT molecular complexity index is 1250. The van der Waals surface area contributed by atoms with Gasteiger partial charge in [-0.3, -0.25) is 0 Å². The van der Waals surface area contributed by atoms with Crippen molar-refractivity contribution in [3.63, 3.8) is 0 Å². The molecule has 0 saturated heterocycles. The van der Waals surface area contributed by atoms with E-state index in [0.29, 0.717) is 6.42 Å². The molecule has 3 aromatic rings. The maximum atomic E-state index is 15.4. The number of allylic oxidation sites excluding steroid dienone is 1. The SMILES string of the molecule is C=CCCc1ccc(CCc2ccc3c(c2F)C(F)(F)C(F)(F)c2c-3ccc(OCC)c2F)cc1. The molecule has 0 aromatic heterocycles. The van der Waals surface area contributed by atoms with Crippen molar-refractivity contribution in [2.75, 3.05) is 6.61 Å².